The van der Waals surface area contributed by atoms with Gasteiger partial charge in [-0.05, 0) is 83.5 Å². The molecule has 0 aliphatic carbocycles. The van der Waals surface area contributed by atoms with Gasteiger partial charge in [0.25, 0.3) is 0 Å². The Kier molecular flexibility index (Phi) is 74.8. The molecule has 0 radical (unpaired) electrons. The molecule has 87 heavy (non-hydrogen) atoms. The SMILES string of the molecule is CCCCC/C=C\CCCCCCCC(=O)OCCCCCCCCCCCCCCCCCCCC/C=C\CCCCCCCCCCCCCCCCCCCC(=O)NC(CO)C(O)/C=C/CCCCCCCCCCCCCCCCCCC. The summed E-state index contributed by atoms with van der Waals surface area (Å²) >= 11 is 0. The zero-order valence-corrected chi connectivity index (χ0v) is 59.0. The van der Waals surface area contributed by atoms with E-state index in [4.69, 9.17) is 4.74 Å². The summed E-state index contributed by atoms with van der Waals surface area (Å²) in [6.45, 7) is 4.92. The maximum atomic E-state index is 12.5. The lowest BCUT2D eigenvalue weighted by Crippen LogP contribution is -2.45. The number of hydrogen-bond acceptors (Lipinski definition) is 5. The van der Waals surface area contributed by atoms with Crippen molar-refractivity contribution in [1.82, 2.24) is 5.32 Å². The van der Waals surface area contributed by atoms with Gasteiger partial charge in [-0.1, -0.05) is 384 Å². The molecule has 0 saturated carbocycles. The van der Waals surface area contributed by atoms with Gasteiger partial charge in [0.05, 0.1) is 25.4 Å². The van der Waals surface area contributed by atoms with E-state index < -0.39 is 12.1 Å². The minimum Gasteiger partial charge on any atom is -0.466 e. The van der Waals surface area contributed by atoms with Crippen LogP contribution in [0.3, 0.4) is 0 Å². The van der Waals surface area contributed by atoms with Crippen LogP contribution in [-0.2, 0) is 14.3 Å². The van der Waals surface area contributed by atoms with E-state index in [-0.39, 0.29) is 18.5 Å². The van der Waals surface area contributed by atoms with Crippen molar-refractivity contribution in [1.29, 1.82) is 0 Å². The average molecular weight is 1220 g/mol. The van der Waals surface area contributed by atoms with Crippen LogP contribution in [0.25, 0.3) is 0 Å². The molecule has 3 N–H and O–H groups in total. The first-order valence-corrected chi connectivity index (χ1v) is 39.8. The number of amides is 1. The number of nitrogens with one attached hydrogen (secondary N) is 1. The highest BCUT2D eigenvalue weighted by atomic mass is 16.5. The Bertz CT molecular complexity index is 1410. The van der Waals surface area contributed by atoms with Crippen LogP contribution in [0.2, 0.25) is 0 Å². The third kappa shape index (κ3) is 73.0. The van der Waals surface area contributed by atoms with Gasteiger partial charge < -0.3 is 20.3 Å². The van der Waals surface area contributed by atoms with Crippen molar-refractivity contribution >= 4 is 11.9 Å². The molecule has 0 aliphatic rings. The molecule has 1 amide bonds. The summed E-state index contributed by atoms with van der Waals surface area (Å²) in [7, 11) is 0. The fourth-order valence-corrected chi connectivity index (χ4v) is 12.6. The number of unbranched alkanes of at least 4 members (excludes halogenated alkanes) is 60. The number of carbonyl (C=O) groups excluding carboxylic acids is 2. The number of aliphatic hydroxyl groups excluding tert-OH is 2. The number of esters is 1. The molecule has 6 nitrogen and oxygen atoms in total. The van der Waals surface area contributed by atoms with Crippen molar-refractivity contribution in [3.05, 3.63) is 36.5 Å². The van der Waals surface area contributed by atoms with Gasteiger partial charge in [-0.3, -0.25) is 9.59 Å². The van der Waals surface area contributed by atoms with Gasteiger partial charge in [0.1, 0.15) is 0 Å². The summed E-state index contributed by atoms with van der Waals surface area (Å²) in [5, 5.41) is 23.3. The number of rotatable bonds is 75. The largest absolute Gasteiger partial charge is 0.466 e. The molecule has 0 aromatic carbocycles. The Morgan fingerprint density at radius 3 is 0.839 bits per heavy atom. The standard InChI is InChI=1S/C81H155NO5/c1-3-5-7-9-11-13-15-17-18-19-41-44-47-50-53-57-61-65-69-73-79(84)78(77-83)82-80(85)74-70-66-62-58-54-51-48-45-42-39-37-35-33-31-29-27-25-23-21-20-22-24-26-28-30-32-34-36-38-40-43-46-49-52-56-60-64-68-72-76-87-81(86)75-71-67-63-59-55-16-14-12-10-8-6-4-2/h12,14,20-21,69,73,78-79,83-84H,3-11,13,15-19,22-68,70-72,74-77H2,1-2H3,(H,82,85)/b14-12-,21-20-,73-69+. The summed E-state index contributed by atoms with van der Waals surface area (Å²) in [4.78, 5) is 24.6. The third-order valence-electron chi connectivity index (χ3n) is 18.6. The first kappa shape index (κ1) is 85.1. The van der Waals surface area contributed by atoms with Gasteiger partial charge in [0.15, 0.2) is 0 Å². The number of allylic oxidation sites excluding steroid dienone is 5. The van der Waals surface area contributed by atoms with E-state index in [1.54, 1.807) is 6.08 Å². The van der Waals surface area contributed by atoms with Crippen LogP contribution in [0.15, 0.2) is 36.5 Å². The molecule has 2 unspecified atom stereocenters. The topological polar surface area (TPSA) is 95.9 Å². The Balaban J connectivity index is 3.34. The summed E-state index contributed by atoms with van der Waals surface area (Å²) in [6, 6.07) is -0.625. The van der Waals surface area contributed by atoms with Gasteiger partial charge >= 0.3 is 5.97 Å². The lowest BCUT2D eigenvalue weighted by atomic mass is 10.0. The van der Waals surface area contributed by atoms with E-state index in [9.17, 15) is 19.8 Å². The van der Waals surface area contributed by atoms with Crippen molar-refractivity contribution in [2.24, 2.45) is 0 Å². The maximum Gasteiger partial charge on any atom is 0.305 e. The number of hydrogen-bond donors (Lipinski definition) is 3. The molecule has 6 heteroatoms. The lowest BCUT2D eigenvalue weighted by molar-refractivity contribution is -0.143. The minimum absolute atomic E-state index is 0.0126. The quantitative estimate of drug-likeness (QED) is 0.0320. The number of aliphatic hydroxyl groups is 2. The molecule has 0 spiro atoms. The predicted molar refractivity (Wildman–Crippen MR) is 384 cm³/mol. The molecule has 0 saturated heterocycles. The molecule has 0 rings (SSSR count). The molecule has 2 atom stereocenters. The maximum absolute atomic E-state index is 12.5. The highest BCUT2D eigenvalue weighted by molar-refractivity contribution is 5.76. The highest BCUT2D eigenvalue weighted by Crippen LogP contribution is 2.20. The van der Waals surface area contributed by atoms with Gasteiger partial charge in [-0.2, -0.15) is 0 Å². The summed E-state index contributed by atoms with van der Waals surface area (Å²) < 4.78 is 5.48. The monoisotopic (exact) mass is 1220 g/mol. The molecule has 0 aromatic heterocycles. The van der Waals surface area contributed by atoms with Crippen LogP contribution >= 0.6 is 0 Å². The summed E-state index contributed by atoms with van der Waals surface area (Å²) in [5.74, 6) is -0.0469. The van der Waals surface area contributed by atoms with E-state index >= 15 is 0 Å². The lowest BCUT2D eigenvalue weighted by Gasteiger charge is -2.20. The van der Waals surface area contributed by atoms with Crippen LogP contribution in [0, 0.1) is 0 Å². The minimum atomic E-state index is -0.842. The van der Waals surface area contributed by atoms with E-state index in [2.05, 4.69) is 43.5 Å². The van der Waals surface area contributed by atoms with E-state index in [1.807, 2.05) is 6.08 Å². The average Bonchev–Trinajstić information content (AvgIpc) is 3.52. The molecule has 0 bridgehead atoms. The zero-order valence-electron chi connectivity index (χ0n) is 59.0. The molecular formula is C81H155NO5. The summed E-state index contributed by atoms with van der Waals surface area (Å²) in [6.07, 6.45) is 99.9. The zero-order chi connectivity index (χ0) is 62.8. The second kappa shape index (κ2) is 76.5. The predicted octanol–water partition coefficient (Wildman–Crippen LogP) is 26.2. The van der Waals surface area contributed by atoms with Gasteiger partial charge in [0, 0.05) is 12.8 Å². The van der Waals surface area contributed by atoms with Crippen LogP contribution in [0.1, 0.15) is 444 Å². The smallest absolute Gasteiger partial charge is 0.305 e. The number of ether oxygens (including phenoxy) is 1. The molecular weight excluding hydrogens is 1070 g/mol. The molecule has 0 aliphatic heterocycles. The Morgan fingerprint density at radius 1 is 0.310 bits per heavy atom. The van der Waals surface area contributed by atoms with Gasteiger partial charge in [0.2, 0.25) is 5.91 Å². The second-order valence-corrected chi connectivity index (χ2v) is 27.4. The van der Waals surface area contributed by atoms with Crippen molar-refractivity contribution < 1.29 is 24.5 Å². The first-order chi connectivity index (χ1) is 43.0. The summed E-state index contributed by atoms with van der Waals surface area (Å²) in [5.41, 5.74) is 0. The second-order valence-electron chi connectivity index (χ2n) is 27.4. The van der Waals surface area contributed by atoms with Gasteiger partial charge in [-0.15, -0.1) is 0 Å². The van der Waals surface area contributed by atoms with E-state index in [0.717, 1.165) is 44.9 Å². The van der Waals surface area contributed by atoms with Crippen molar-refractivity contribution in [2.75, 3.05) is 13.2 Å². The van der Waals surface area contributed by atoms with Crippen LogP contribution in [-0.4, -0.2) is 47.4 Å². The molecule has 0 heterocycles. The van der Waals surface area contributed by atoms with Gasteiger partial charge in [-0.25, -0.2) is 0 Å². The Morgan fingerprint density at radius 2 is 0.540 bits per heavy atom. The first-order valence-electron chi connectivity index (χ1n) is 39.8. The van der Waals surface area contributed by atoms with Crippen LogP contribution < -0.4 is 5.32 Å². The molecule has 0 aromatic rings. The molecule has 0 fully saturated rings. The highest BCUT2D eigenvalue weighted by Gasteiger charge is 2.18. The fraction of sp³-hybridized carbons (Fsp3) is 0.901. The fourth-order valence-electron chi connectivity index (χ4n) is 12.6. The van der Waals surface area contributed by atoms with Crippen LogP contribution in [0.4, 0.5) is 0 Å². The Hall–Kier alpha value is -1.92. The Labute approximate surface area is 544 Å². The molecule has 514 valence electrons. The number of carbonyl (C=O) groups is 2. The van der Waals surface area contributed by atoms with Crippen LogP contribution in [0.5, 0.6) is 0 Å². The van der Waals surface area contributed by atoms with E-state index in [0.29, 0.717) is 19.4 Å². The third-order valence-corrected chi connectivity index (χ3v) is 18.6. The van der Waals surface area contributed by atoms with Crippen molar-refractivity contribution in [3.8, 4) is 0 Å². The van der Waals surface area contributed by atoms with Crippen molar-refractivity contribution in [3.63, 3.8) is 0 Å². The van der Waals surface area contributed by atoms with Crippen molar-refractivity contribution in [2.45, 2.75) is 456 Å². The van der Waals surface area contributed by atoms with E-state index in [1.165, 1.54) is 372 Å². The normalized spacial score (nSPS) is 12.6.